The number of anilines is 1. The molecule has 0 heterocycles. The molecule has 1 aromatic rings. The summed E-state index contributed by atoms with van der Waals surface area (Å²) >= 11 is 0. The molecule has 8 heteroatoms. The number of nitro benzene ring substituents is 2. The zero-order chi connectivity index (χ0) is 15.4. The normalized spacial score (nSPS) is 15.4. The molecule has 0 spiro atoms. The number of hydrogen-bond acceptors (Lipinski definition) is 5. The van der Waals surface area contributed by atoms with Crippen molar-refractivity contribution in [3.63, 3.8) is 0 Å². The predicted octanol–water partition coefficient (Wildman–Crippen LogP) is 3.02. The van der Waals surface area contributed by atoms with Gasteiger partial charge in [-0.25, -0.2) is 0 Å². The van der Waals surface area contributed by atoms with Crippen LogP contribution in [-0.4, -0.2) is 15.8 Å². The van der Waals surface area contributed by atoms with Gasteiger partial charge in [-0.05, 0) is 12.8 Å². The van der Waals surface area contributed by atoms with E-state index in [2.05, 4.69) is 5.32 Å². The number of non-ortho nitro benzene ring substituents is 2. The standard InChI is InChI=1S/C13H15N3O5/c17-13(9-4-2-1-3-5-9)14-10-6-11(15(18)19)8-12(7-10)16(20)21/h6-9H,1-5H2,(H,14,17). The van der Waals surface area contributed by atoms with E-state index in [0.29, 0.717) is 0 Å². The molecular formula is C13H15N3O5. The van der Waals surface area contributed by atoms with Gasteiger partial charge in [-0.1, -0.05) is 19.3 Å². The van der Waals surface area contributed by atoms with Gasteiger partial charge in [-0.15, -0.1) is 0 Å². The van der Waals surface area contributed by atoms with E-state index in [-0.39, 0.29) is 17.5 Å². The van der Waals surface area contributed by atoms with Gasteiger partial charge < -0.3 is 5.32 Å². The van der Waals surface area contributed by atoms with Crippen molar-refractivity contribution in [2.45, 2.75) is 32.1 Å². The molecule has 1 aliphatic rings. The highest BCUT2D eigenvalue weighted by Crippen LogP contribution is 2.28. The number of nitrogens with one attached hydrogen (secondary N) is 1. The summed E-state index contributed by atoms with van der Waals surface area (Å²) in [4.78, 5) is 32.2. The van der Waals surface area contributed by atoms with Crippen LogP contribution in [0.1, 0.15) is 32.1 Å². The molecule has 0 unspecified atom stereocenters. The van der Waals surface area contributed by atoms with Crippen LogP contribution in [-0.2, 0) is 4.79 Å². The Morgan fingerprint density at radius 2 is 1.52 bits per heavy atom. The Kier molecular flexibility index (Phi) is 4.46. The van der Waals surface area contributed by atoms with Crippen LogP contribution in [0.5, 0.6) is 0 Å². The van der Waals surface area contributed by atoms with E-state index >= 15 is 0 Å². The highest BCUT2D eigenvalue weighted by atomic mass is 16.6. The number of benzene rings is 1. The SMILES string of the molecule is O=C(Nc1cc([N+](=O)[O-])cc([N+](=O)[O-])c1)C1CCCCC1. The molecule has 0 saturated heterocycles. The number of hydrogen-bond donors (Lipinski definition) is 1. The maximum atomic E-state index is 12.1. The fraction of sp³-hybridized carbons (Fsp3) is 0.462. The summed E-state index contributed by atoms with van der Waals surface area (Å²) in [6, 6.07) is 3.14. The quantitative estimate of drug-likeness (QED) is 0.676. The van der Waals surface area contributed by atoms with E-state index in [1.54, 1.807) is 0 Å². The van der Waals surface area contributed by atoms with Crippen LogP contribution in [0.25, 0.3) is 0 Å². The van der Waals surface area contributed by atoms with Gasteiger partial charge in [0, 0.05) is 18.1 Å². The molecule has 112 valence electrons. The number of carbonyl (C=O) groups excluding carboxylic acids is 1. The maximum Gasteiger partial charge on any atom is 0.278 e. The van der Waals surface area contributed by atoms with Gasteiger partial charge in [0.25, 0.3) is 11.4 Å². The molecule has 21 heavy (non-hydrogen) atoms. The third kappa shape index (κ3) is 3.74. The lowest BCUT2D eigenvalue weighted by molar-refractivity contribution is -0.394. The topological polar surface area (TPSA) is 115 Å². The molecule has 0 aromatic heterocycles. The van der Waals surface area contributed by atoms with Crippen LogP contribution >= 0.6 is 0 Å². The summed E-state index contributed by atoms with van der Waals surface area (Å²) in [6.45, 7) is 0. The van der Waals surface area contributed by atoms with Crippen molar-refractivity contribution in [3.8, 4) is 0 Å². The fourth-order valence-electron chi connectivity index (χ4n) is 2.49. The van der Waals surface area contributed by atoms with E-state index in [1.165, 1.54) is 0 Å². The van der Waals surface area contributed by atoms with E-state index in [0.717, 1.165) is 50.3 Å². The van der Waals surface area contributed by atoms with E-state index in [4.69, 9.17) is 0 Å². The highest BCUT2D eigenvalue weighted by Gasteiger charge is 2.23. The van der Waals surface area contributed by atoms with E-state index in [9.17, 15) is 25.0 Å². The van der Waals surface area contributed by atoms with Crippen LogP contribution in [0.15, 0.2) is 18.2 Å². The summed E-state index contributed by atoms with van der Waals surface area (Å²) in [6.07, 6.45) is 4.62. The lowest BCUT2D eigenvalue weighted by Crippen LogP contribution is -2.24. The molecule has 2 rings (SSSR count). The number of rotatable bonds is 4. The zero-order valence-electron chi connectivity index (χ0n) is 11.3. The lowest BCUT2D eigenvalue weighted by atomic mass is 9.88. The van der Waals surface area contributed by atoms with Crippen LogP contribution in [0.2, 0.25) is 0 Å². The largest absolute Gasteiger partial charge is 0.325 e. The first kappa shape index (κ1) is 14.9. The van der Waals surface area contributed by atoms with Gasteiger partial charge >= 0.3 is 0 Å². The Balaban J connectivity index is 2.20. The summed E-state index contributed by atoms with van der Waals surface area (Å²) in [5, 5.41) is 24.1. The molecule has 8 nitrogen and oxygen atoms in total. The monoisotopic (exact) mass is 293 g/mol. The Bertz CT molecular complexity index is 549. The average Bonchev–Trinajstić information content (AvgIpc) is 2.47. The maximum absolute atomic E-state index is 12.1. The second kappa shape index (κ2) is 6.29. The summed E-state index contributed by atoms with van der Waals surface area (Å²) in [5.74, 6) is -0.360. The minimum absolute atomic E-state index is 0.0893. The van der Waals surface area contributed by atoms with Crippen molar-refractivity contribution in [2.75, 3.05) is 5.32 Å². The van der Waals surface area contributed by atoms with Crippen molar-refractivity contribution >= 4 is 23.0 Å². The van der Waals surface area contributed by atoms with Gasteiger partial charge in [-0.2, -0.15) is 0 Å². The van der Waals surface area contributed by atoms with Crippen LogP contribution in [0.3, 0.4) is 0 Å². The molecule has 1 fully saturated rings. The lowest BCUT2D eigenvalue weighted by Gasteiger charge is -2.20. The predicted molar refractivity (Wildman–Crippen MR) is 75.0 cm³/mol. The molecule has 1 N–H and O–H groups in total. The first-order valence-electron chi connectivity index (χ1n) is 6.72. The molecule has 1 saturated carbocycles. The van der Waals surface area contributed by atoms with Crippen molar-refractivity contribution in [1.82, 2.24) is 0 Å². The van der Waals surface area contributed by atoms with Gasteiger partial charge in [0.05, 0.1) is 21.6 Å². The van der Waals surface area contributed by atoms with E-state index < -0.39 is 21.2 Å². The van der Waals surface area contributed by atoms with Gasteiger partial charge in [-0.3, -0.25) is 25.0 Å². The number of carbonyl (C=O) groups is 1. The number of amides is 1. The third-order valence-corrected chi connectivity index (χ3v) is 3.57. The van der Waals surface area contributed by atoms with Crippen molar-refractivity contribution in [2.24, 2.45) is 5.92 Å². The van der Waals surface area contributed by atoms with Gasteiger partial charge in [0.1, 0.15) is 0 Å². The molecule has 0 radical (unpaired) electrons. The van der Waals surface area contributed by atoms with Crippen molar-refractivity contribution in [1.29, 1.82) is 0 Å². The van der Waals surface area contributed by atoms with Crippen LogP contribution in [0.4, 0.5) is 17.1 Å². The van der Waals surface area contributed by atoms with Crippen molar-refractivity contribution in [3.05, 3.63) is 38.4 Å². The van der Waals surface area contributed by atoms with Crippen molar-refractivity contribution < 1.29 is 14.6 Å². The van der Waals surface area contributed by atoms with Gasteiger partial charge in [0.15, 0.2) is 0 Å². The Hall–Kier alpha value is -2.51. The highest BCUT2D eigenvalue weighted by molar-refractivity contribution is 5.93. The van der Waals surface area contributed by atoms with Gasteiger partial charge in [0.2, 0.25) is 5.91 Å². The summed E-state index contributed by atoms with van der Waals surface area (Å²) < 4.78 is 0. The first-order valence-corrected chi connectivity index (χ1v) is 6.72. The number of nitrogens with zero attached hydrogens (tertiary/aromatic N) is 2. The summed E-state index contributed by atoms with van der Waals surface area (Å²) in [5.41, 5.74) is -0.738. The average molecular weight is 293 g/mol. The second-order valence-corrected chi connectivity index (χ2v) is 5.08. The molecule has 0 aliphatic heterocycles. The molecular weight excluding hydrogens is 278 g/mol. The van der Waals surface area contributed by atoms with E-state index in [1.807, 2.05) is 0 Å². The molecule has 1 aliphatic carbocycles. The molecule has 0 bridgehead atoms. The Labute approximate surface area is 120 Å². The fourth-order valence-corrected chi connectivity index (χ4v) is 2.49. The minimum atomic E-state index is -0.719. The second-order valence-electron chi connectivity index (χ2n) is 5.08. The molecule has 1 amide bonds. The Morgan fingerprint density at radius 1 is 1.00 bits per heavy atom. The van der Waals surface area contributed by atoms with Crippen LogP contribution < -0.4 is 5.32 Å². The minimum Gasteiger partial charge on any atom is -0.325 e. The smallest absolute Gasteiger partial charge is 0.278 e. The Morgan fingerprint density at radius 3 is 2.00 bits per heavy atom. The zero-order valence-corrected chi connectivity index (χ0v) is 11.3. The number of nitro groups is 2. The first-order chi connectivity index (χ1) is 9.97. The summed E-state index contributed by atoms with van der Waals surface area (Å²) in [7, 11) is 0. The van der Waals surface area contributed by atoms with Crippen LogP contribution in [0, 0.1) is 26.1 Å². The molecule has 1 aromatic carbocycles. The third-order valence-electron chi connectivity index (χ3n) is 3.57. The molecule has 0 atom stereocenters.